The smallest absolute Gasteiger partial charge is 0.219 e. The Bertz CT molecular complexity index is 293. The number of rotatable bonds is 3. The lowest BCUT2D eigenvalue weighted by molar-refractivity contribution is -0.130. The lowest BCUT2D eigenvalue weighted by Crippen LogP contribution is -2.47. The van der Waals surface area contributed by atoms with Crippen molar-refractivity contribution in [1.29, 1.82) is 0 Å². The Labute approximate surface area is 97.5 Å². The molecule has 0 spiro atoms. The summed E-state index contributed by atoms with van der Waals surface area (Å²) in [6, 6.07) is 0. The maximum absolute atomic E-state index is 11.1. The number of carbonyl (C=O) groups is 1. The van der Waals surface area contributed by atoms with Crippen molar-refractivity contribution >= 4 is 5.91 Å². The largest absolute Gasteiger partial charge is 0.374 e. The number of nitrogens with zero attached hydrogens (tertiary/aromatic N) is 2. The van der Waals surface area contributed by atoms with Gasteiger partial charge in [0, 0.05) is 33.6 Å². The fraction of sp³-hybridized carbons (Fsp3) is 0.750. The monoisotopic (exact) mass is 224 g/mol. The first-order valence-corrected chi connectivity index (χ1v) is 5.58. The van der Waals surface area contributed by atoms with Gasteiger partial charge < -0.3 is 9.64 Å². The summed E-state index contributed by atoms with van der Waals surface area (Å²) >= 11 is 0. The Balaban J connectivity index is 2.37. The van der Waals surface area contributed by atoms with Crippen LogP contribution < -0.4 is 0 Å². The molecule has 4 nitrogen and oxygen atoms in total. The van der Waals surface area contributed by atoms with Gasteiger partial charge >= 0.3 is 0 Å². The standard InChI is InChI=1S/C12H20N2O2/c1-4-5-6-14-7-8-16-12(10-14)9-13(3)11(2)15/h12H,6-10H2,1-3H3/t12-/m0/s1. The summed E-state index contributed by atoms with van der Waals surface area (Å²) in [6.45, 7) is 7.37. The van der Waals surface area contributed by atoms with Crippen molar-refractivity contribution in [2.75, 3.05) is 39.8 Å². The fourth-order valence-electron chi connectivity index (χ4n) is 1.66. The van der Waals surface area contributed by atoms with Crippen LogP contribution in [0, 0.1) is 11.8 Å². The predicted molar refractivity (Wildman–Crippen MR) is 62.9 cm³/mol. The molecule has 0 aromatic rings. The molecule has 0 N–H and O–H groups in total. The molecule has 0 bridgehead atoms. The molecule has 1 rings (SSSR count). The minimum atomic E-state index is 0.0778. The minimum absolute atomic E-state index is 0.0778. The lowest BCUT2D eigenvalue weighted by Gasteiger charge is -2.33. The predicted octanol–water partition coefficient (Wildman–Crippen LogP) is 0.189. The highest BCUT2D eigenvalue weighted by Gasteiger charge is 2.21. The van der Waals surface area contributed by atoms with Gasteiger partial charge in [-0.05, 0) is 6.92 Å². The van der Waals surface area contributed by atoms with Crippen molar-refractivity contribution in [1.82, 2.24) is 9.80 Å². The van der Waals surface area contributed by atoms with Crippen LogP contribution in [0.1, 0.15) is 13.8 Å². The third-order valence-corrected chi connectivity index (χ3v) is 2.72. The molecule has 0 aliphatic carbocycles. The molecule has 90 valence electrons. The summed E-state index contributed by atoms with van der Waals surface area (Å²) in [5.41, 5.74) is 0. The molecule has 1 amide bonds. The second kappa shape index (κ2) is 6.51. The SMILES string of the molecule is CC#CCN1CCO[C@@H](CN(C)C(C)=O)C1. The van der Waals surface area contributed by atoms with Crippen LogP contribution in [-0.4, -0.2) is 61.6 Å². The van der Waals surface area contributed by atoms with E-state index >= 15 is 0 Å². The second-order valence-corrected chi connectivity index (χ2v) is 4.05. The minimum Gasteiger partial charge on any atom is -0.374 e. The number of ether oxygens (including phenoxy) is 1. The normalized spacial score (nSPS) is 21.1. The average Bonchev–Trinajstić information content (AvgIpc) is 2.26. The van der Waals surface area contributed by atoms with Gasteiger partial charge in [-0.15, -0.1) is 5.92 Å². The average molecular weight is 224 g/mol. The summed E-state index contributed by atoms with van der Waals surface area (Å²) in [6.07, 6.45) is 0.112. The van der Waals surface area contributed by atoms with E-state index in [1.807, 2.05) is 6.92 Å². The Morgan fingerprint density at radius 2 is 2.38 bits per heavy atom. The summed E-state index contributed by atoms with van der Waals surface area (Å²) in [4.78, 5) is 15.1. The highest BCUT2D eigenvalue weighted by molar-refractivity contribution is 5.72. The van der Waals surface area contributed by atoms with E-state index in [4.69, 9.17) is 4.74 Å². The van der Waals surface area contributed by atoms with E-state index in [0.717, 1.165) is 26.2 Å². The molecule has 1 fully saturated rings. The molecule has 4 heteroatoms. The van der Waals surface area contributed by atoms with Crippen LogP contribution in [0.3, 0.4) is 0 Å². The van der Waals surface area contributed by atoms with Crippen LogP contribution in [0.5, 0.6) is 0 Å². The van der Waals surface area contributed by atoms with E-state index < -0.39 is 0 Å². The van der Waals surface area contributed by atoms with Crippen molar-refractivity contribution in [3.05, 3.63) is 0 Å². The first kappa shape index (κ1) is 13.0. The zero-order valence-corrected chi connectivity index (χ0v) is 10.3. The van der Waals surface area contributed by atoms with Crippen LogP contribution in [0.2, 0.25) is 0 Å². The van der Waals surface area contributed by atoms with E-state index in [9.17, 15) is 4.79 Å². The first-order chi connectivity index (χ1) is 7.63. The van der Waals surface area contributed by atoms with Crippen molar-refractivity contribution in [2.45, 2.75) is 20.0 Å². The zero-order valence-electron chi connectivity index (χ0n) is 10.3. The maximum atomic E-state index is 11.1. The van der Waals surface area contributed by atoms with Gasteiger partial charge in [0.2, 0.25) is 5.91 Å². The van der Waals surface area contributed by atoms with Crippen molar-refractivity contribution < 1.29 is 9.53 Å². The van der Waals surface area contributed by atoms with E-state index in [-0.39, 0.29) is 12.0 Å². The van der Waals surface area contributed by atoms with E-state index in [1.54, 1.807) is 18.9 Å². The molecule has 1 aliphatic rings. The van der Waals surface area contributed by atoms with E-state index in [0.29, 0.717) is 6.54 Å². The molecule has 16 heavy (non-hydrogen) atoms. The summed E-state index contributed by atoms with van der Waals surface area (Å²) in [5, 5.41) is 0. The summed E-state index contributed by atoms with van der Waals surface area (Å²) < 4.78 is 5.63. The van der Waals surface area contributed by atoms with Crippen LogP contribution in [0.15, 0.2) is 0 Å². The van der Waals surface area contributed by atoms with Gasteiger partial charge in [0.1, 0.15) is 0 Å². The van der Waals surface area contributed by atoms with Crippen LogP contribution in [0.4, 0.5) is 0 Å². The van der Waals surface area contributed by atoms with Gasteiger partial charge in [0.25, 0.3) is 0 Å². The fourth-order valence-corrected chi connectivity index (χ4v) is 1.66. The quantitative estimate of drug-likeness (QED) is 0.642. The molecule has 1 saturated heterocycles. The molecule has 0 radical (unpaired) electrons. The lowest BCUT2D eigenvalue weighted by atomic mass is 10.2. The Hall–Kier alpha value is -1.05. The van der Waals surface area contributed by atoms with Gasteiger partial charge in [-0.2, -0.15) is 0 Å². The molecular weight excluding hydrogens is 204 g/mol. The zero-order chi connectivity index (χ0) is 12.0. The number of morpholine rings is 1. The van der Waals surface area contributed by atoms with Crippen LogP contribution in [-0.2, 0) is 9.53 Å². The van der Waals surface area contributed by atoms with Gasteiger partial charge in [-0.1, -0.05) is 5.92 Å². The van der Waals surface area contributed by atoms with Crippen LogP contribution >= 0.6 is 0 Å². The van der Waals surface area contributed by atoms with Crippen molar-refractivity contribution in [3.8, 4) is 11.8 Å². The Morgan fingerprint density at radius 1 is 1.62 bits per heavy atom. The van der Waals surface area contributed by atoms with Gasteiger partial charge in [-0.3, -0.25) is 9.69 Å². The molecule has 1 heterocycles. The number of amides is 1. The third-order valence-electron chi connectivity index (χ3n) is 2.72. The Morgan fingerprint density at radius 3 is 3.00 bits per heavy atom. The number of hydrogen-bond acceptors (Lipinski definition) is 3. The van der Waals surface area contributed by atoms with Crippen LogP contribution in [0.25, 0.3) is 0 Å². The topological polar surface area (TPSA) is 32.8 Å². The van der Waals surface area contributed by atoms with Crippen molar-refractivity contribution in [3.63, 3.8) is 0 Å². The van der Waals surface area contributed by atoms with E-state index in [1.165, 1.54) is 0 Å². The molecular formula is C12H20N2O2. The van der Waals surface area contributed by atoms with Gasteiger partial charge in [0.15, 0.2) is 0 Å². The van der Waals surface area contributed by atoms with Gasteiger partial charge in [-0.25, -0.2) is 0 Å². The molecule has 0 saturated carbocycles. The highest BCUT2D eigenvalue weighted by atomic mass is 16.5. The van der Waals surface area contributed by atoms with Gasteiger partial charge in [0.05, 0.1) is 19.3 Å². The Kier molecular flexibility index (Phi) is 5.30. The molecule has 0 aromatic heterocycles. The molecule has 0 unspecified atom stereocenters. The first-order valence-electron chi connectivity index (χ1n) is 5.58. The number of hydrogen-bond donors (Lipinski definition) is 0. The maximum Gasteiger partial charge on any atom is 0.219 e. The van der Waals surface area contributed by atoms with E-state index in [2.05, 4.69) is 16.7 Å². The summed E-state index contributed by atoms with van der Waals surface area (Å²) in [5.74, 6) is 6.02. The second-order valence-electron chi connectivity index (χ2n) is 4.05. The number of carbonyl (C=O) groups excluding carboxylic acids is 1. The van der Waals surface area contributed by atoms with Crippen molar-refractivity contribution in [2.24, 2.45) is 0 Å². The molecule has 0 aromatic carbocycles. The molecule has 1 atom stereocenters. The number of likely N-dealkylation sites (N-methyl/N-ethyl adjacent to an activating group) is 1. The highest BCUT2D eigenvalue weighted by Crippen LogP contribution is 2.06. The summed E-state index contributed by atoms with van der Waals surface area (Å²) in [7, 11) is 1.80. The third kappa shape index (κ3) is 4.21. The molecule has 1 aliphatic heterocycles.